The van der Waals surface area contributed by atoms with Crippen molar-refractivity contribution in [1.29, 1.82) is 0 Å². The van der Waals surface area contributed by atoms with Crippen molar-refractivity contribution in [3.8, 4) is 0 Å². The van der Waals surface area contributed by atoms with Gasteiger partial charge in [-0.05, 0) is 30.5 Å². The van der Waals surface area contributed by atoms with Gasteiger partial charge in [-0.25, -0.2) is 0 Å². The second kappa shape index (κ2) is 2.99. The topological polar surface area (TPSA) is 26.0 Å². The number of aryl methyl sites for hydroxylation is 1. The van der Waals surface area contributed by atoms with Gasteiger partial charge in [-0.3, -0.25) is 0 Å². The fraction of sp³-hybridized carbons (Fsp3) is 0.333. The van der Waals surface area contributed by atoms with E-state index in [0.717, 1.165) is 12.1 Å². The quantitative estimate of drug-likeness (QED) is 0.451. The molecule has 0 radical (unpaired) electrons. The maximum absolute atomic E-state index is 5.83. The van der Waals surface area contributed by atoms with Gasteiger partial charge in [-0.2, -0.15) is 0 Å². The summed E-state index contributed by atoms with van der Waals surface area (Å²) in [6, 6.07) is 4.21. The molecular weight excluding hydrogens is 133 g/mol. The lowest BCUT2D eigenvalue weighted by Crippen LogP contribution is -2.13. The van der Waals surface area contributed by atoms with E-state index < -0.39 is 0 Å². The average Bonchev–Trinajstić information content (AvgIpc) is 1.85. The van der Waals surface area contributed by atoms with E-state index in [1.54, 1.807) is 0 Å². The van der Waals surface area contributed by atoms with E-state index in [2.05, 4.69) is 27.8 Å². The third-order valence-electron chi connectivity index (χ3n) is 2.01. The van der Waals surface area contributed by atoms with Crippen LogP contribution in [-0.2, 0) is 6.42 Å². The number of anilines is 1. The van der Waals surface area contributed by atoms with Crippen molar-refractivity contribution >= 4 is 19.0 Å². The van der Waals surface area contributed by atoms with Crippen LogP contribution in [0.15, 0.2) is 12.1 Å². The minimum absolute atomic E-state index is 0.935. The monoisotopic (exact) mass is 147 g/mol. The molecule has 2 N–H and O–H groups in total. The first kappa shape index (κ1) is 8.18. The maximum atomic E-state index is 5.83. The summed E-state index contributed by atoms with van der Waals surface area (Å²) >= 11 is 0. The molecule has 0 amide bonds. The fourth-order valence-electron chi connectivity index (χ4n) is 1.51. The highest BCUT2D eigenvalue weighted by molar-refractivity contribution is 6.33. The molecule has 0 aliphatic rings. The third-order valence-corrected chi connectivity index (χ3v) is 2.01. The highest BCUT2D eigenvalue weighted by Gasteiger charge is 2.00. The standard InChI is InChI=1S/C9H14BN/c1-3-7-8(10)4-6(2)5-9(7)11/h4-5H,3,10-11H2,1-2H3. The van der Waals surface area contributed by atoms with Crippen molar-refractivity contribution in [2.45, 2.75) is 20.3 Å². The Kier molecular flexibility index (Phi) is 2.23. The SMILES string of the molecule is Bc1cc(C)cc(N)c1CC. The molecule has 0 bridgehead atoms. The number of hydrogen-bond donors (Lipinski definition) is 1. The molecule has 58 valence electrons. The second-order valence-corrected chi connectivity index (χ2v) is 3.00. The molecule has 0 heterocycles. The van der Waals surface area contributed by atoms with Gasteiger partial charge < -0.3 is 5.73 Å². The Morgan fingerprint density at radius 1 is 1.45 bits per heavy atom. The number of nitrogen functional groups attached to an aromatic ring is 1. The lowest BCUT2D eigenvalue weighted by atomic mass is 9.87. The molecule has 1 aromatic rings. The minimum Gasteiger partial charge on any atom is -0.399 e. The van der Waals surface area contributed by atoms with Crippen LogP contribution in [0.5, 0.6) is 0 Å². The Hall–Kier alpha value is -0.915. The normalized spacial score (nSPS) is 10.0. The zero-order chi connectivity index (χ0) is 8.43. The predicted octanol–water partition coefficient (Wildman–Crippen LogP) is 0.398. The van der Waals surface area contributed by atoms with Crippen molar-refractivity contribution in [3.63, 3.8) is 0 Å². The molecular formula is C9H14BN. The summed E-state index contributed by atoms with van der Waals surface area (Å²) in [5.74, 6) is 0. The molecule has 11 heavy (non-hydrogen) atoms. The van der Waals surface area contributed by atoms with E-state index in [1.807, 2.05) is 6.07 Å². The highest BCUT2D eigenvalue weighted by atomic mass is 14.6. The molecule has 2 heteroatoms. The van der Waals surface area contributed by atoms with Gasteiger partial charge in [0, 0.05) is 5.69 Å². The first-order valence-electron chi connectivity index (χ1n) is 4.00. The second-order valence-electron chi connectivity index (χ2n) is 3.00. The number of rotatable bonds is 1. The van der Waals surface area contributed by atoms with Crippen LogP contribution in [0.2, 0.25) is 0 Å². The number of nitrogens with two attached hydrogens (primary N) is 1. The fourth-order valence-corrected chi connectivity index (χ4v) is 1.51. The van der Waals surface area contributed by atoms with Crippen LogP contribution in [0, 0.1) is 6.92 Å². The van der Waals surface area contributed by atoms with Gasteiger partial charge in [0.2, 0.25) is 0 Å². The summed E-state index contributed by atoms with van der Waals surface area (Å²) in [5, 5.41) is 0. The molecule has 0 aliphatic heterocycles. The molecule has 0 aromatic heterocycles. The lowest BCUT2D eigenvalue weighted by molar-refractivity contribution is 1.15. The average molecular weight is 147 g/mol. The third kappa shape index (κ3) is 1.56. The molecule has 1 rings (SSSR count). The Balaban J connectivity index is 3.25. The van der Waals surface area contributed by atoms with Gasteiger partial charge >= 0.3 is 0 Å². The Morgan fingerprint density at radius 3 is 2.55 bits per heavy atom. The summed E-state index contributed by atoms with van der Waals surface area (Å²) in [6.45, 7) is 4.21. The summed E-state index contributed by atoms with van der Waals surface area (Å²) in [6.07, 6.45) is 1.03. The van der Waals surface area contributed by atoms with E-state index in [1.165, 1.54) is 16.6 Å². The molecule has 0 unspecified atom stereocenters. The van der Waals surface area contributed by atoms with Gasteiger partial charge in [0.25, 0.3) is 0 Å². The zero-order valence-electron chi connectivity index (χ0n) is 7.44. The summed E-state index contributed by atoms with van der Waals surface area (Å²) in [4.78, 5) is 0. The van der Waals surface area contributed by atoms with Crippen LogP contribution >= 0.6 is 0 Å². The van der Waals surface area contributed by atoms with E-state index in [0.29, 0.717) is 0 Å². The summed E-state index contributed by atoms with van der Waals surface area (Å²) < 4.78 is 0. The van der Waals surface area contributed by atoms with Gasteiger partial charge in [0.05, 0.1) is 0 Å². The Labute approximate surface area is 69.0 Å². The van der Waals surface area contributed by atoms with Crippen LogP contribution in [0.1, 0.15) is 18.1 Å². The minimum atomic E-state index is 0.935. The van der Waals surface area contributed by atoms with Crippen molar-refractivity contribution in [3.05, 3.63) is 23.3 Å². The first-order valence-corrected chi connectivity index (χ1v) is 4.00. The van der Waals surface area contributed by atoms with E-state index in [9.17, 15) is 0 Å². The smallest absolute Gasteiger partial charge is 0.139 e. The molecule has 0 fully saturated rings. The van der Waals surface area contributed by atoms with Gasteiger partial charge in [0.1, 0.15) is 7.85 Å². The molecule has 0 saturated heterocycles. The van der Waals surface area contributed by atoms with Gasteiger partial charge in [0.15, 0.2) is 0 Å². The van der Waals surface area contributed by atoms with Crippen LogP contribution < -0.4 is 11.2 Å². The van der Waals surface area contributed by atoms with Gasteiger partial charge in [-0.15, -0.1) is 0 Å². The summed E-state index contributed by atoms with van der Waals surface area (Å²) in [5.41, 5.74) is 10.6. The van der Waals surface area contributed by atoms with Crippen LogP contribution in [0.3, 0.4) is 0 Å². The van der Waals surface area contributed by atoms with E-state index >= 15 is 0 Å². The predicted molar refractivity (Wildman–Crippen MR) is 53.1 cm³/mol. The molecule has 0 spiro atoms. The first-order chi connectivity index (χ1) is 5.15. The maximum Gasteiger partial charge on any atom is 0.139 e. The van der Waals surface area contributed by atoms with Crippen molar-refractivity contribution in [2.24, 2.45) is 0 Å². The van der Waals surface area contributed by atoms with Gasteiger partial charge in [-0.1, -0.05) is 18.5 Å². The highest BCUT2D eigenvalue weighted by Crippen LogP contribution is 2.11. The van der Waals surface area contributed by atoms with E-state index in [4.69, 9.17) is 5.73 Å². The number of hydrogen-bond acceptors (Lipinski definition) is 1. The Morgan fingerprint density at radius 2 is 2.09 bits per heavy atom. The number of benzene rings is 1. The van der Waals surface area contributed by atoms with Crippen molar-refractivity contribution in [1.82, 2.24) is 0 Å². The molecule has 0 saturated carbocycles. The van der Waals surface area contributed by atoms with Crippen molar-refractivity contribution in [2.75, 3.05) is 5.73 Å². The zero-order valence-corrected chi connectivity index (χ0v) is 7.44. The molecule has 1 nitrogen and oxygen atoms in total. The molecule has 0 atom stereocenters. The Bertz CT molecular complexity index is 245. The van der Waals surface area contributed by atoms with Crippen molar-refractivity contribution < 1.29 is 0 Å². The van der Waals surface area contributed by atoms with Crippen LogP contribution in [-0.4, -0.2) is 7.85 Å². The molecule has 1 aromatic carbocycles. The summed E-state index contributed by atoms with van der Waals surface area (Å²) in [7, 11) is 2.11. The van der Waals surface area contributed by atoms with Crippen LogP contribution in [0.4, 0.5) is 5.69 Å². The molecule has 0 aliphatic carbocycles. The lowest BCUT2D eigenvalue weighted by Gasteiger charge is -2.08. The van der Waals surface area contributed by atoms with E-state index in [-0.39, 0.29) is 0 Å². The largest absolute Gasteiger partial charge is 0.399 e. The van der Waals surface area contributed by atoms with Crippen LogP contribution in [0.25, 0.3) is 0 Å².